The summed E-state index contributed by atoms with van der Waals surface area (Å²) in [6, 6.07) is 3.60. The van der Waals surface area contributed by atoms with Crippen LogP contribution in [0, 0.1) is 11.6 Å². The molecule has 0 radical (unpaired) electrons. The summed E-state index contributed by atoms with van der Waals surface area (Å²) in [6.07, 6.45) is 0.480. The van der Waals surface area contributed by atoms with E-state index in [2.05, 4.69) is 5.32 Å². The molecular weight excluding hydrogens is 250 g/mol. The fourth-order valence-corrected chi connectivity index (χ4v) is 1.60. The average Bonchev–Trinajstić information content (AvgIpc) is 2.32. The maximum absolute atomic E-state index is 12.9. The van der Waals surface area contributed by atoms with E-state index in [9.17, 15) is 13.6 Å². The first kappa shape index (κ1) is 15.6. The van der Waals surface area contributed by atoms with Crippen molar-refractivity contribution in [2.24, 2.45) is 0 Å². The lowest BCUT2D eigenvalue weighted by Crippen LogP contribution is -2.39. The first-order valence-electron chi connectivity index (χ1n) is 6.31. The lowest BCUT2D eigenvalue weighted by atomic mass is 10.1. The third kappa shape index (κ3) is 5.34. The van der Waals surface area contributed by atoms with Crippen LogP contribution in [0.2, 0.25) is 0 Å². The zero-order chi connectivity index (χ0) is 14.4. The highest BCUT2D eigenvalue weighted by Crippen LogP contribution is 2.08. The smallest absolute Gasteiger partial charge is 0.236 e. The second-order valence-corrected chi connectivity index (χ2v) is 4.80. The van der Waals surface area contributed by atoms with Gasteiger partial charge in [0, 0.05) is 19.2 Å². The summed E-state index contributed by atoms with van der Waals surface area (Å²) in [5.74, 6) is -1.16. The van der Waals surface area contributed by atoms with E-state index in [1.165, 1.54) is 12.1 Å². The Labute approximate surface area is 112 Å². The summed E-state index contributed by atoms with van der Waals surface area (Å²) in [5, 5.41) is 2.97. The van der Waals surface area contributed by atoms with Crippen LogP contribution < -0.4 is 5.32 Å². The zero-order valence-corrected chi connectivity index (χ0v) is 11.5. The van der Waals surface area contributed by atoms with Crippen LogP contribution in [0.5, 0.6) is 0 Å². The molecular formula is C14H20F2N2O. The second-order valence-electron chi connectivity index (χ2n) is 4.80. The molecule has 19 heavy (non-hydrogen) atoms. The minimum Gasteiger partial charge on any atom is -0.342 e. The van der Waals surface area contributed by atoms with Gasteiger partial charge in [-0.05, 0) is 44.5 Å². The Morgan fingerprint density at radius 1 is 1.26 bits per heavy atom. The van der Waals surface area contributed by atoms with Crippen molar-refractivity contribution >= 4 is 5.91 Å². The van der Waals surface area contributed by atoms with E-state index in [-0.39, 0.29) is 18.5 Å². The predicted molar refractivity (Wildman–Crippen MR) is 70.8 cm³/mol. The molecule has 1 aromatic rings. The molecule has 0 aliphatic heterocycles. The minimum atomic E-state index is -0.578. The molecule has 5 heteroatoms. The molecule has 0 saturated heterocycles. The Bertz CT molecular complexity index is 415. The van der Waals surface area contributed by atoms with Crippen LogP contribution in [0.1, 0.15) is 19.4 Å². The fraction of sp³-hybridized carbons (Fsp3) is 0.500. The van der Waals surface area contributed by atoms with Gasteiger partial charge in [-0.25, -0.2) is 8.78 Å². The number of likely N-dealkylation sites (N-methyl/N-ethyl adjacent to an activating group) is 1. The molecule has 0 heterocycles. The highest BCUT2D eigenvalue weighted by molar-refractivity contribution is 5.78. The van der Waals surface area contributed by atoms with Crippen molar-refractivity contribution in [1.82, 2.24) is 10.2 Å². The molecule has 0 aromatic heterocycles. The number of carbonyl (C=O) groups excluding carboxylic acids is 1. The van der Waals surface area contributed by atoms with Crippen molar-refractivity contribution in [2.45, 2.75) is 26.3 Å². The molecule has 1 amide bonds. The van der Waals surface area contributed by atoms with Gasteiger partial charge in [0.25, 0.3) is 0 Å². The van der Waals surface area contributed by atoms with Crippen molar-refractivity contribution < 1.29 is 13.6 Å². The van der Waals surface area contributed by atoms with Crippen molar-refractivity contribution in [3.8, 4) is 0 Å². The van der Waals surface area contributed by atoms with Gasteiger partial charge in [0.2, 0.25) is 5.91 Å². The molecule has 0 spiro atoms. The molecule has 1 N–H and O–H groups in total. The lowest BCUT2D eigenvalue weighted by molar-refractivity contribution is -0.130. The third-order valence-electron chi connectivity index (χ3n) is 2.96. The number of benzene rings is 1. The van der Waals surface area contributed by atoms with Gasteiger partial charge in [-0.3, -0.25) is 4.79 Å². The molecule has 0 aliphatic carbocycles. The summed E-state index contributed by atoms with van der Waals surface area (Å²) in [7, 11) is 1.75. The van der Waals surface area contributed by atoms with Crippen LogP contribution in [0.3, 0.4) is 0 Å². The van der Waals surface area contributed by atoms with Crippen LogP contribution in [0.15, 0.2) is 18.2 Å². The molecule has 0 unspecified atom stereocenters. The normalized spacial score (nSPS) is 10.8. The van der Waals surface area contributed by atoms with Crippen molar-refractivity contribution in [3.63, 3.8) is 0 Å². The van der Waals surface area contributed by atoms with Crippen molar-refractivity contribution in [2.75, 3.05) is 20.1 Å². The van der Waals surface area contributed by atoms with Crippen molar-refractivity contribution in [1.29, 1.82) is 0 Å². The summed E-state index contributed by atoms with van der Waals surface area (Å²) in [5.41, 5.74) is 0.578. The van der Waals surface area contributed by atoms with Gasteiger partial charge in [-0.15, -0.1) is 0 Å². The highest BCUT2D eigenvalue weighted by atomic mass is 19.1. The number of nitrogens with zero attached hydrogens (tertiary/aromatic N) is 1. The van der Waals surface area contributed by atoms with Crippen molar-refractivity contribution in [3.05, 3.63) is 35.4 Å². The van der Waals surface area contributed by atoms with Crippen LogP contribution in [-0.2, 0) is 11.2 Å². The Kier molecular flexibility index (Phi) is 5.89. The third-order valence-corrected chi connectivity index (χ3v) is 2.96. The molecule has 0 saturated carbocycles. The van der Waals surface area contributed by atoms with Crippen LogP contribution in [0.25, 0.3) is 0 Å². The van der Waals surface area contributed by atoms with Crippen LogP contribution in [-0.4, -0.2) is 37.0 Å². The Morgan fingerprint density at radius 3 is 2.37 bits per heavy atom. The lowest BCUT2D eigenvalue weighted by Gasteiger charge is -2.21. The van der Waals surface area contributed by atoms with Gasteiger partial charge in [0.15, 0.2) is 0 Å². The Morgan fingerprint density at radius 2 is 1.84 bits per heavy atom. The predicted octanol–water partition coefficient (Wildman–Crippen LogP) is 1.96. The quantitative estimate of drug-likeness (QED) is 0.802. The maximum atomic E-state index is 12.9. The van der Waals surface area contributed by atoms with E-state index >= 15 is 0 Å². The highest BCUT2D eigenvalue weighted by Gasteiger charge is 2.10. The topological polar surface area (TPSA) is 32.3 Å². The SMILES string of the molecule is CC(C)N(C)C(=O)CNCCc1cc(F)cc(F)c1. The molecule has 0 atom stereocenters. The zero-order valence-electron chi connectivity index (χ0n) is 11.5. The number of rotatable bonds is 6. The van der Waals surface area contributed by atoms with E-state index in [1.54, 1.807) is 11.9 Å². The van der Waals surface area contributed by atoms with Gasteiger partial charge in [0.1, 0.15) is 11.6 Å². The summed E-state index contributed by atoms with van der Waals surface area (Å²) in [6.45, 7) is 4.61. The number of carbonyl (C=O) groups is 1. The largest absolute Gasteiger partial charge is 0.342 e. The standard InChI is InChI=1S/C14H20F2N2O/c1-10(2)18(3)14(19)9-17-5-4-11-6-12(15)8-13(16)7-11/h6-8,10,17H,4-5,9H2,1-3H3. The molecule has 1 aromatic carbocycles. The molecule has 0 bridgehead atoms. The van der Waals surface area contributed by atoms with Gasteiger partial charge in [-0.1, -0.05) is 0 Å². The molecule has 106 valence electrons. The Balaban J connectivity index is 2.33. The monoisotopic (exact) mass is 270 g/mol. The van der Waals surface area contributed by atoms with Crippen LogP contribution in [0.4, 0.5) is 8.78 Å². The summed E-state index contributed by atoms with van der Waals surface area (Å²) in [4.78, 5) is 13.3. The summed E-state index contributed by atoms with van der Waals surface area (Å²) >= 11 is 0. The van der Waals surface area contributed by atoms with Gasteiger partial charge < -0.3 is 10.2 Å². The first-order valence-corrected chi connectivity index (χ1v) is 6.31. The number of nitrogens with one attached hydrogen (secondary N) is 1. The number of hydrogen-bond donors (Lipinski definition) is 1. The van der Waals surface area contributed by atoms with Gasteiger partial charge >= 0.3 is 0 Å². The van der Waals surface area contributed by atoms with E-state index in [0.717, 1.165) is 6.07 Å². The second kappa shape index (κ2) is 7.19. The molecule has 1 rings (SSSR count). The van der Waals surface area contributed by atoms with Gasteiger partial charge in [-0.2, -0.15) is 0 Å². The van der Waals surface area contributed by atoms with E-state index < -0.39 is 11.6 Å². The average molecular weight is 270 g/mol. The number of amides is 1. The van der Waals surface area contributed by atoms with E-state index in [1.807, 2.05) is 13.8 Å². The molecule has 3 nitrogen and oxygen atoms in total. The molecule has 0 fully saturated rings. The summed E-state index contributed by atoms with van der Waals surface area (Å²) < 4.78 is 25.9. The van der Waals surface area contributed by atoms with E-state index in [0.29, 0.717) is 18.5 Å². The number of halogens is 2. The van der Waals surface area contributed by atoms with E-state index in [4.69, 9.17) is 0 Å². The minimum absolute atomic E-state index is 0.000391. The van der Waals surface area contributed by atoms with Gasteiger partial charge in [0.05, 0.1) is 6.54 Å². The molecule has 0 aliphatic rings. The van der Waals surface area contributed by atoms with Crippen LogP contribution >= 0.6 is 0 Å². The fourth-order valence-electron chi connectivity index (χ4n) is 1.60. The maximum Gasteiger partial charge on any atom is 0.236 e. The Hall–Kier alpha value is -1.49. The number of hydrogen-bond acceptors (Lipinski definition) is 2. The first-order chi connectivity index (χ1) is 8.90.